The number of nitrogens with one attached hydrogen (secondary N) is 1. The predicted octanol–water partition coefficient (Wildman–Crippen LogP) is 4.49. The van der Waals surface area contributed by atoms with Crippen LogP contribution >= 0.6 is 11.6 Å². The highest BCUT2D eigenvalue weighted by molar-refractivity contribution is 6.32. The normalized spacial score (nSPS) is 23.3. The first-order valence-electron chi connectivity index (χ1n) is 11.2. The third kappa shape index (κ3) is 4.59. The van der Waals surface area contributed by atoms with Gasteiger partial charge in [-0.25, -0.2) is 0 Å². The zero-order valence-corrected chi connectivity index (χ0v) is 18.6. The molecule has 1 aliphatic carbocycles. The van der Waals surface area contributed by atoms with Crippen molar-refractivity contribution in [3.8, 4) is 0 Å². The minimum absolute atomic E-state index is 0.0297. The number of nitrogens with zero attached hydrogens (tertiary/aromatic N) is 2. The molecule has 7 heteroatoms. The Balaban J connectivity index is 1.35. The highest BCUT2D eigenvalue weighted by atomic mass is 35.5. The fraction of sp³-hybridized carbons (Fsp3) is 0.652. The molecule has 30 heavy (non-hydrogen) atoms. The molecule has 2 aromatic rings. The van der Waals surface area contributed by atoms with Gasteiger partial charge in [-0.2, -0.15) is 4.98 Å². The molecule has 1 saturated heterocycles. The van der Waals surface area contributed by atoms with Crippen molar-refractivity contribution in [2.75, 3.05) is 24.6 Å². The molecule has 2 fully saturated rings. The average molecular weight is 434 g/mol. The van der Waals surface area contributed by atoms with E-state index in [0.29, 0.717) is 17.9 Å². The molecule has 164 valence electrons. The van der Waals surface area contributed by atoms with Crippen LogP contribution in [-0.4, -0.2) is 41.7 Å². The van der Waals surface area contributed by atoms with Gasteiger partial charge in [-0.1, -0.05) is 31.9 Å². The number of oxazole rings is 1. The van der Waals surface area contributed by atoms with Crippen LogP contribution in [0.1, 0.15) is 63.9 Å². The zero-order chi connectivity index (χ0) is 21.3. The second kappa shape index (κ2) is 9.15. The van der Waals surface area contributed by atoms with E-state index in [9.17, 15) is 9.90 Å². The average Bonchev–Trinajstić information content (AvgIpc) is 3.16. The van der Waals surface area contributed by atoms with Gasteiger partial charge in [0.25, 0.3) is 6.01 Å². The Bertz CT molecular complexity index is 889. The maximum Gasteiger partial charge on any atom is 0.298 e. The van der Waals surface area contributed by atoms with Gasteiger partial charge in [-0.3, -0.25) is 4.79 Å². The number of carbonyl (C=O) groups excluding carboxylic acids is 1. The van der Waals surface area contributed by atoms with Crippen molar-refractivity contribution >= 4 is 34.6 Å². The number of aliphatic hydroxyl groups is 1. The van der Waals surface area contributed by atoms with Crippen LogP contribution in [0.4, 0.5) is 6.01 Å². The largest absolute Gasteiger partial charge is 0.423 e. The topological polar surface area (TPSA) is 78.6 Å². The van der Waals surface area contributed by atoms with Crippen LogP contribution in [0.3, 0.4) is 0 Å². The van der Waals surface area contributed by atoms with Gasteiger partial charge in [0.15, 0.2) is 5.58 Å². The van der Waals surface area contributed by atoms with Gasteiger partial charge in [-0.05, 0) is 61.6 Å². The Labute approximate surface area is 183 Å². The summed E-state index contributed by atoms with van der Waals surface area (Å²) in [5.74, 6) is 0.836. The van der Waals surface area contributed by atoms with Crippen molar-refractivity contribution in [1.29, 1.82) is 0 Å². The molecule has 0 bridgehead atoms. The number of piperidine rings is 1. The number of fused-ring (bicyclic) bond motifs is 1. The van der Waals surface area contributed by atoms with Gasteiger partial charge in [0, 0.05) is 36.7 Å². The third-order valence-electron chi connectivity index (χ3n) is 6.64. The zero-order valence-electron chi connectivity index (χ0n) is 17.9. The summed E-state index contributed by atoms with van der Waals surface area (Å²) in [7, 11) is 0. The van der Waals surface area contributed by atoms with Gasteiger partial charge in [-0.15, -0.1) is 0 Å². The van der Waals surface area contributed by atoms with Crippen molar-refractivity contribution < 1.29 is 14.3 Å². The maximum absolute atomic E-state index is 12.7. The number of hydrogen-bond donors (Lipinski definition) is 2. The number of halogens is 1. The number of amides is 1. The molecule has 4 rings (SSSR count). The molecule has 1 aromatic carbocycles. The summed E-state index contributed by atoms with van der Waals surface area (Å²) in [4.78, 5) is 19.5. The lowest BCUT2D eigenvalue weighted by Crippen LogP contribution is -2.45. The molecule has 1 aromatic heterocycles. The van der Waals surface area contributed by atoms with Crippen LogP contribution in [0.25, 0.3) is 11.1 Å². The van der Waals surface area contributed by atoms with E-state index in [1.807, 2.05) is 12.1 Å². The monoisotopic (exact) mass is 433 g/mol. The van der Waals surface area contributed by atoms with E-state index < -0.39 is 0 Å². The Morgan fingerprint density at radius 2 is 2.07 bits per heavy atom. The summed E-state index contributed by atoms with van der Waals surface area (Å²) in [6.45, 7) is 5.94. The highest BCUT2D eigenvalue weighted by Gasteiger charge is 2.30. The second-order valence-corrected chi connectivity index (χ2v) is 9.58. The van der Waals surface area contributed by atoms with Crippen molar-refractivity contribution in [3.63, 3.8) is 0 Å². The van der Waals surface area contributed by atoms with Crippen LogP contribution in [0, 0.1) is 11.8 Å². The van der Waals surface area contributed by atoms with Gasteiger partial charge in [0.05, 0.1) is 0 Å². The Morgan fingerprint density at radius 3 is 2.77 bits per heavy atom. The predicted molar refractivity (Wildman–Crippen MR) is 119 cm³/mol. The van der Waals surface area contributed by atoms with Crippen molar-refractivity contribution in [1.82, 2.24) is 10.3 Å². The highest BCUT2D eigenvalue weighted by Crippen LogP contribution is 2.33. The quantitative estimate of drug-likeness (QED) is 0.726. The first kappa shape index (κ1) is 21.4. The smallest absolute Gasteiger partial charge is 0.298 e. The van der Waals surface area contributed by atoms with E-state index >= 15 is 0 Å². The number of anilines is 1. The fourth-order valence-corrected chi connectivity index (χ4v) is 5.15. The molecule has 2 aliphatic rings. The number of rotatable bonds is 5. The van der Waals surface area contributed by atoms with E-state index in [1.54, 1.807) is 0 Å². The molecule has 2 heterocycles. The van der Waals surface area contributed by atoms with Crippen LogP contribution in [0.5, 0.6) is 0 Å². The Morgan fingerprint density at radius 1 is 1.30 bits per heavy atom. The number of aromatic nitrogens is 1. The van der Waals surface area contributed by atoms with Crippen molar-refractivity contribution in [2.45, 2.75) is 64.3 Å². The van der Waals surface area contributed by atoms with E-state index in [4.69, 9.17) is 16.0 Å². The summed E-state index contributed by atoms with van der Waals surface area (Å²) in [6.07, 6.45) is 5.64. The van der Waals surface area contributed by atoms with Gasteiger partial charge < -0.3 is 19.7 Å². The van der Waals surface area contributed by atoms with Crippen LogP contribution in [0.2, 0.25) is 5.02 Å². The number of carbonyl (C=O) groups is 1. The minimum Gasteiger partial charge on any atom is -0.423 e. The lowest BCUT2D eigenvalue weighted by molar-refractivity contribution is -0.126. The number of hydrogen-bond acceptors (Lipinski definition) is 5. The lowest BCUT2D eigenvalue weighted by atomic mass is 9.85. The minimum atomic E-state index is 0.0297. The van der Waals surface area contributed by atoms with Crippen LogP contribution in [-0.2, 0) is 4.79 Å². The molecule has 1 aliphatic heterocycles. The molecule has 0 radical (unpaired) electrons. The molecule has 1 amide bonds. The summed E-state index contributed by atoms with van der Waals surface area (Å²) in [6, 6.07) is 4.68. The van der Waals surface area contributed by atoms with Crippen LogP contribution in [0.15, 0.2) is 16.5 Å². The molecule has 0 spiro atoms. The Kier molecular flexibility index (Phi) is 6.54. The third-order valence-corrected chi connectivity index (χ3v) is 6.97. The summed E-state index contributed by atoms with van der Waals surface area (Å²) in [5, 5.41) is 13.3. The lowest BCUT2D eigenvalue weighted by Gasteiger charge is -2.33. The summed E-state index contributed by atoms with van der Waals surface area (Å²) in [5.41, 5.74) is 2.59. The SMILES string of the molecule is CC(C)c1cc2oc(N3CCC(C(=O)N[C@H]4CCC[C@H](CO)C4)CC3)nc2cc1Cl. The molecular formula is C23H32ClN3O3. The van der Waals surface area contributed by atoms with E-state index in [2.05, 4.69) is 29.0 Å². The molecule has 1 saturated carbocycles. The second-order valence-electron chi connectivity index (χ2n) is 9.17. The first-order valence-corrected chi connectivity index (χ1v) is 11.6. The summed E-state index contributed by atoms with van der Waals surface area (Å²) < 4.78 is 6.03. The fourth-order valence-electron chi connectivity index (χ4n) is 4.77. The van der Waals surface area contributed by atoms with Crippen molar-refractivity contribution in [3.05, 3.63) is 22.7 Å². The number of benzene rings is 1. The molecular weight excluding hydrogens is 402 g/mol. The standard InChI is InChI=1S/C23H32ClN3O3/c1-14(2)18-11-21-20(12-19(18)24)26-23(30-21)27-8-6-16(7-9-27)22(29)25-17-5-3-4-15(10-17)13-28/h11-12,14-17,28H,3-10,13H2,1-2H3,(H,25,29)/t15-,17-/m0/s1. The van der Waals surface area contributed by atoms with E-state index in [0.717, 1.165) is 73.3 Å². The van der Waals surface area contributed by atoms with Crippen LogP contribution < -0.4 is 10.2 Å². The summed E-state index contributed by atoms with van der Waals surface area (Å²) >= 11 is 6.39. The van der Waals surface area contributed by atoms with Gasteiger partial charge in [0.2, 0.25) is 5.91 Å². The van der Waals surface area contributed by atoms with E-state index in [1.165, 1.54) is 0 Å². The van der Waals surface area contributed by atoms with E-state index in [-0.39, 0.29) is 24.5 Å². The maximum atomic E-state index is 12.7. The Hall–Kier alpha value is -1.79. The number of aliphatic hydroxyl groups excluding tert-OH is 1. The van der Waals surface area contributed by atoms with Gasteiger partial charge in [0.1, 0.15) is 5.52 Å². The van der Waals surface area contributed by atoms with Crippen molar-refractivity contribution in [2.24, 2.45) is 11.8 Å². The first-order chi connectivity index (χ1) is 14.4. The van der Waals surface area contributed by atoms with Gasteiger partial charge >= 0.3 is 0 Å². The molecule has 2 atom stereocenters. The molecule has 6 nitrogen and oxygen atoms in total. The molecule has 0 unspecified atom stereocenters. The molecule has 2 N–H and O–H groups in total.